The van der Waals surface area contributed by atoms with Crippen LogP contribution in [0.1, 0.15) is 25.3 Å². The Hall–Kier alpha value is -1.49. The lowest BCUT2D eigenvalue weighted by atomic mass is 10.0. The number of rotatable bonds is 5. The van der Waals surface area contributed by atoms with Crippen LogP contribution < -0.4 is 11.1 Å². The molecular weight excluding hydrogens is 251 g/mol. The second kappa shape index (κ2) is 6.44. The van der Waals surface area contributed by atoms with Gasteiger partial charge in [0.05, 0.1) is 16.6 Å². The van der Waals surface area contributed by atoms with Crippen molar-refractivity contribution in [3.63, 3.8) is 0 Å². The van der Waals surface area contributed by atoms with Gasteiger partial charge in [0.25, 0.3) is 0 Å². The highest BCUT2D eigenvalue weighted by molar-refractivity contribution is 7.80. The van der Waals surface area contributed by atoms with Gasteiger partial charge in [0.1, 0.15) is 5.82 Å². The molecule has 98 valence electrons. The molecule has 3 N–H and O–H groups in total. The van der Waals surface area contributed by atoms with Crippen molar-refractivity contribution < 1.29 is 9.18 Å². The summed E-state index contributed by atoms with van der Waals surface area (Å²) in [5, 5.41) is 2.56. The van der Waals surface area contributed by atoms with E-state index in [4.69, 9.17) is 18.0 Å². The van der Waals surface area contributed by atoms with Gasteiger partial charge in [-0.15, -0.1) is 0 Å². The normalized spacial score (nSPS) is 11.9. The molecule has 1 atom stereocenters. The van der Waals surface area contributed by atoms with E-state index in [-0.39, 0.29) is 16.6 Å². The third-order valence-electron chi connectivity index (χ3n) is 2.71. The predicted molar refractivity (Wildman–Crippen MR) is 75.0 cm³/mol. The first kappa shape index (κ1) is 14.6. The maximum Gasteiger partial charge on any atom is 0.234 e. The Morgan fingerprint density at radius 2 is 2.22 bits per heavy atom. The monoisotopic (exact) mass is 268 g/mol. The van der Waals surface area contributed by atoms with Crippen LogP contribution in [-0.4, -0.2) is 10.9 Å². The van der Waals surface area contributed by atoms with E-state index in [2.05, 4.69) is 5.32 Å². The fourth-order valence-electron chi connectivity index (χ4n) is 1.69. The summed E-state index contributed by atoms with van der Waals surface area (Å²) in [5.74, 6) is -1.36. The molecule has 1 aromatic carbocycles. The van der Waals surface area contributed by atoms with Gasteiger partial charge in [-0.1, -0.05) is 37.7 Å². The number of thiocarbonyl (C=S) groups is 1. The summed E-state index contributed by atoms with van der Waals surface area (Å²) in [7, 11) is 0. The lowest BCUT2D eigenvalue weighted by Crippen LogP contribution is -2.33. The van der Waals surface area contributed by atoms with Crippen LogP contribution in [0.3, 0.4) is 0 Å². The number of benzene rings is 1. The van der Waals surface area contributed by atoms with Crippen molar-refractivity contribution in [3.8, 4) is 0 Å². The first-order valence-electron chi connectivity index (χ1n) is 5.82. The quantitative estimate of drug-likeness (QED) is 0.807. The lowest BCUT2D eigenvalue weighted by molar-refractivity contribution is -0.118. The first-order valence-corrected chi connectivity index (χ1v) is 6.23. The predicted octanol–water partition coefficient (Wildman–Crippen LogP) is 2.78. The summed E-state index contributed by atoms with van der Waals surface area (Å²) >= 11 is 4.86. The fourth-order valence-corrected chi connectivity index (χ4v) is 1.92. The van der Waals surface area contributed by atoms with E-state index < -0.39 is 11.7 Å². The van der Waals surface area contributed by atoms with Crippen molar-refractivity contribution in [2.24, 2.45) is 11.7 Å². The smallest absolute Gasteiger partial charge is 0.234 e. The Morgan fingerprint density at radius 1 is 1.56 bits per heavy atom. The van der Waals surface area contributed by atoms with Crippen LogP contribution in [0.15, 0.2) is 18.2 Å². The number of hydrogen-bond acceptors (Lipinski definition) is 2. The average Bonchev–Trinajstić information content (AvgIpc) is 2.30. The number of nitrogens with one attached hydrogen (secondary N) is 1. The molecule has 0 bridgehead atoms. The molecule has 1 aromatic rings. The highest BCUT2D eigenvalue weighted by atomic mass is 32.1. The van der Waals surface area contributed by atoms with Gasteiger partial charge >= 0.3 is 0 Å². The van der Waals surface area contributed by atoms with Crippen molar-refractivity contribution in [1.29, 1.82) is 0 Å². The summed E-state index contributed by atoms with van der Waals surface area (Å²) in [6, 6.07) is 4.63. The van der Waals surface area contributed by atoms with Gasteiger partial charge in [0, 0.05) is 0 Å². The zero-order chi connectivity index (χ0) is 13.7. The third kappa shape index (κ3) is 3.50. The maximum atomic E-state index is 13.6. The summed E-state index contributed by atoms with van der Waals surface area (Å²) in [6.45, 7) is 3.67. The number of carbonyl (C=O) groups excluding carboxylic acids is 1. The number of halogens is 1. The molecule has 0 saturated carbocycles. The van der Waals surface area contributed by atoms with Crippen LogP contribution in [-0.2, 0) is 4.79 Å². The topological polar surface area (TPSA) is 55.1 Å². The van der Waals surface area contributed by atoms with Crippen molar-refractivity contribution in [3.05, 3.63) is 29.6 Å². The Kier molecular flexibility index (Phi) is 5.22. The third-order valence-corrected chi connectivity index (χ3v) is 2.99. The molecule has 1 unspecified atom stereocenters. The molecule has 5 heteroatoms. The van der Waals surface area contributed by atoms with Crippen LogP contribution in [0.2, 0.25) is 0 Å². The number of carbonyl (C=O) groups is 1. The standard InChI is InChI=1S/C13H17FN2OS/c1-3-5-9(12(15)18)13(17)16-11-8(2)6-4-7-10(11)14/h4,6-7,9H,3,5H2,1-2H3,(H2,15,18)(H,16,17). The van der Waals surface area contributed by atoms with Gasteiger partial charge < -0.3 is 11.1 Å². The zero-order valence-corrected chi connectivity index (χ0v) is 11.3. The highest BCUT2D eigenvalue weighted by Crippen LogP contribution is 2.20. The molecule has 0 aliphatic rings. The number of para-hydroxylation sites is 1. The molecule has 0 heterocycles. The van der Waals surface area contributed by atoms with E-state index in [0.29, 0.717) is 12.0 Å². The van der Waals surface area contributed by atoms with Crippen LogP contribution in [0, 0.1) is 18.7 Å². The van der Waals surface area contributed by atoms with E-state index in [1.54, 1.807) is 19.1 Å². The van der Waals surface area contributed by atoms with E-state index in [1.807, 2.05) is 6.92 Å². The Balaban J connectivity index is 2.89. The molecule has 0 radical (unpaired) electrons. The first-order chi connectivity index (χ1) is 8.47. The SMILES string of the molecule is CCCC(C(=O)Nc1c(C)cccc1F)C(N)=S. The second-order valence-corrected chi connectivity index (χ2v) is 4.64. The summed E-state index contributed by atoms with van der Waals surface area (Å²) in [6.07, 6.45) is 1.35. The van der Waals surface area contributed by atoms with Crippen LogP contribution in [0.4, 0.5) is 10.1 Å². The van der Waals surface area contributed by atoms with Gasteiger partial charge in [0.15, 0.2) is 0 Å². The molecule has 3 nitrogen and oxygen atoms in total. The van der Waals surface area contributed by atoms with Gasteiger partial charge in [-0.3, -0.25) is 4.79 Å². The minimum atomic E-state index is -0.552. The summed E-state index contributed by atoms with van der Waals surface area (Å²) < 4.78 is 13.6. The van der Waals surface area contributed by atoms with E-state index in [1.165, 1.54) is 6.07 Å². The maximum absolute atomic E-state index is 13.6. The molecule has 0 saturated heterocycles. The van der Waals surface area contributed by atoms with E-state index in [0.717, 1.165) is 6.42 Å². The molecule has 0 aliphatic carbocycles. The molecular formula is C13H17FN2OS. The molecule has 0 aromatic heterocycles. The number of nitrogens with two attached hydrogens (primary N) is 1. The van der Waals surface area contributed by atoms with Gasteiger partial charge in [-0.2, -0.15) is 0 Å². The van der Waals surface area contributed by atoms with E-state index in [9.17, 15) is 9.18 Å². The Morgan fingerprint density at radius 3 is 2.72 bits per heavy atom. The molecule has 0 aliphatic heterocycles. The van der Waals surface area contributed by atoms with Crippen molar-refractivity contribution >= 4 is 28.8 Å². The molecule has 0 spiro atoms. The molecule has 1 rings (SSSR count). The van der Waals surface area contributed by atoms with E-state index >= 15 is 0 Å². The Bertz CT molecular complexity index is 442. The zero-order valence-electron chi connectivity index (χ0n) is 10.5. The molecule has 1 amide bonds. The molecule has 0 fully saturated rings. The lowest BCUT2D eigenvalue weighted by Gasteiger charge is -2.16. The highest BCUT2D eigenvalue weighted by Gasteiger charge is 2.21. The number of aryl methyl sites for hydroxylation is 1. The summed E-state index contributed by atoms with van der Waals surface area (Å²) in [5.41, 5.74) is 6.39. The van der Waals surface area contributed by atoms with Gasteiger partial charge in [-0.05, 0) is 25.0 Å². The van der Waals surface area contributed by atoms with Gasteiger partial charge in [0.2, 0.25) is 5.91 Å². The largest absolute Gasteiger partial charge is 0.393 e. The minimum Gasteiger partial charge on any atom is -0.393 e. The Labute approximate surface area is 112 Å². The van der Waals surface area contributed by atoms with Gasteiger partial charge in [-0.25, -0.2) is 4.39 Å². The van der Waals surface area contributed by atoms with Crippen molar-refractivity contribution in [2.75, 3.05) is 5.32 Å². The van der Waals surface area contributed by atoms with Crippen molar-refractivity contribution in [2.45, 2.75) is 26.7 Å². The summed E-state index contributed by atoms with van der Waals surface area (Å²) in [4.78, 5) is 12.1. The number of anilines is 1. The number of hydrogen-bond donors (Lipinski definition) is 2. The van der Waals surface area contributed by atoms with Crippen molar-refractivity contribution in [1.82, 2.24) is 0 Å². The van der Waals surface area contributed by atoms with Crippen LogP contribution in [0.25, 0.3) is 0 Å². The number of amides is 1. The van der Waals surface area contributed by atoms with Crippen LogP contribution >= 0.6 is 12.2 Å². The minimum absolute atomic E-state index is 0.142. The average molecular weight is 268 g/mol. The van der Waals surface area contributed by atoms with Crippen LogP contribution in [0.5, 0.6) is 0 Å². The fraction of sp³-hybridized carbons (Fsp3) is 0.385. The molecule has 18 heavy (non-hydrogen) atoms. The second-order valence-electron chi connectivity index (χ2n) is 4.16.